The highest BCUT2D eigenvalue weighted by molar-refractivity contribution is 7.89. The number of nitriles is 1. The summed E-state index contributed by atoms with van der Waals surface area (Å²) in [5.41, 5.74) is 0.675. The first-order chi connectivity index (χ1) is 9.07. The number of aryl methyl sites for hydroxylation is 2. The number of sulfonamides is 1. The van der Waals surface area contributed by atoms with Gasteiger partial charge in [-0.2, -0.15) is 5.26 Å². The predicted molar refractivity (Wildman–Crippen MR) is 76.8 cm³/mol. The first kappa shape index (κ1) is 16.5. The van der Waals surface area contributed by atoms with E-state index in [4.69, 9.17) is 15.1 Å². The molecule has 0 heterocycles. The van der Waals surface area contributed by atoms with Crippen molar-refractivity contribution in [2.75, 3.05) is 6.61 Å². The van der Waals surface area contributed by atoms with Crippen molar-refractivity contribution in [3.8, 4) is 11.8 Å². The third-order valence-electron chi connectivity index (χ3n) is 3.02. The van der Waals surface area contributed by atoms with E-state index in [1.807, 2.05) is 13.8 Å². The van der Waals surface area contributed by atoms with Crippen molar-refractivity contribution in [3.63, 3.8) is 0 Å². The lowest BCUT2D eigenvalue weighted by atomic mass is 9.92. The molecule has 1 rings (SSSR count). The lowest BCUT2D eigenvalue weighted by molar-refractivity contribution is 0.264. The smallest absolute Gasteiger partial charge is 0.238 e. The van der Waals surface area contributed by atoms with Gasteiger partial charge in [-0.15, -0.1) is 0 Å². The van der Waals surface area contributed by atoms with Crippen LogP contribution in [0, 0.1) is 30.6 Å². The van der Waals surface area contributed by atoms with E-state index >= 15 is 0 Å². The maximum atomic E-state index is 11.5. The summed E-state index contributed by atoms with van der Waals surface area (Å²) in [5.74, 6) is 0.584. The van der Waals surface area contributed by atoms with Crippen LogP contribution in [0.1, 0.15) is 31.4 Å². The molecule has 1 aromatic carbocycles. The van der Waals surface area contributed by atoms with E-state index < -0.39 is 15.4 Å². The number of benzene rings is 1. The third kappa shape index (κ3) is 4.22. The highest BCUT2D eigenvalue weighted by Gasteiger charge is 2.18. The van der Waals surface area contributed by atoms with Crippen LogP contribution in [0.15, 0.2) is 17.0 Å². The molecular weight excluding hydrogens is 276 g/mol. The second kappa shape index (κ2) is 5.81. The Morgan fingerprint density at radius 2 is 1.80 bits per heavy atom. The van der Waals surface area contributed by atoms with Crippen LogP contribution in [-0.2, 0) is 10.0 Å². The van der Waals surface area contributed by atoms with Gasteiger partial charge in [-0.05, 0) is 57.4 Å². The van der Waals surface area contributed by atoms with Crippen LogP contribution < -0.4 is 9.88 Å². The number of nitrogens with zero attached hydrogens (tertiary/aromatic N) is 1. The molecule has 0 saturated carbocycles. The van der Waals surface area contributed by atoms with Crippen molar-refractivity contribution in [1.82, 2.24) is 0 Å². The van der Waals surface area contributed by atoms with Crippen LogP contribution in [0.5, 0.6) is 5.75 Å². The Labute approximate surface area is 120 Å². The van der Waals surface area contributed by atoms with E-state index in [0.29, 0.717) is 29.9 Å². The van der Waals surface area contributed by atoms with Crippen molar-refractivity contribution in [1.29, 1.82) is 5.26 Å². The van der Waals surface area contributed by atoms with Crippen molar-refractivity contribution < 1.29 is 13.2 Å². The Morgan fingerprint density at radius 3 is 2.20 bits per heavy atom. The van der Waals surface area contributed by atoms with Gasteiger partial charge in [0.15, 0.2) is 0 Å². The van der Waals surface area contributed by atoms with Crippen LogP contribution in [0.4, 0.5) is 0 Å². The normalized spacial score (nSPS) is 12.0. The summed E-state index contributed by atoms with van der Waals surface area (Å²) in [4.78, 5) is 0.141. The maximum absolute atomic E-state index is 11.5. The van der Waals surface area contributed by atoms with E-state index in [0.717, 1.165) is 0 Å². The van der Waals surface area contributed by atoms with Gasteiger partial charge in [-0.1, -0.05) is 0 Å². The summed E-state index contributed by atoms with van der Waals surface area (Å²) in [6.07, 6.45) is 0.596. The minimum absolute atomic E-state index is 0.141. The van der Waals surface area contributed by atoms with Crippen molar-refractivity contribution in [2.24, 2.45) is 10.6 Å². The predicted octanol–water partition coefficient (Wildman–Crippen LogP) is 2.27. The minimum Gasteiger partial charge on any atom is -0.494 e. The van der Waals surface area contributed by atoms with Gasteiger partial charge in [0.25, 0.3) is 0 Å². The second-order valence-electron chi connectivity index (χ2n) is 5.53. The second-order valence-corrected chi connectivity index (χ2v) is 7.02. The molecule has 6 heteroatoms. The van der Waals surface area contributed by atoms with E-state index in [-0.39, 0.29) is 4.90 Å². The Hall–Kier alpha value is -1.58. The Morgan fingerprint density at radius 1 is 1.30 bits per heavy atom. The molecule has 0 amide bonds. The summed E-state index contributed by atoms with van der Waals surface area (Å²) < 4.78 is 28.5. The SMILES string of the molecule is Cc1cc(OCCC(C)(C)C#N)cc(C)c1S(N)(=O)=O. The third-order valence-corrected chi connectivity index (χ3v) is 4.23. The summed E-state index contributed by atoms with van der Waals surface area (Å²) in [6.45, 7) is 7.44. The monoisotopic (exact) mass is 296 g/mol. The quantitative estimate of drug-likeness (QED) is 0.902. The molecule has 2 N–H and O–H groups in total. The summed E-state index contributed by atoms with van der Waals surface area (Å²) in [6, 6.07) is 5.49. The fraction of sp³-hybridized carbons (Fsp3) is 0.500. The fourth-order valence-corrected chi connectivity index (χ4v) is 2.94. The molecule has 0 spiro atoms. The van der Waals surface area contributed by atoms with Crippen LogP contribution in [0.25, 0.3) is 0 Å². The lowest BCUT2D eigenvalue weighted by Crippen LogP contribution is -2.16. The van der Waals surface area contributed by atoms with Crippen molar-refractivity contribution in [2.45, 2.75) is 39.0 Å². The molecule has 0 aromatic heterocycles. The molecule has 5 nitrogen and oxygen atoms in total. The van der Waals surface area contributed by atoms with Crippen LogP contribution in [0.3, 0.4) is 0 Å². The molecule has 0 saturated heterocycles. The van der Waals surface area contributed by atoms with Gasteiger partial charge in [0.05, 0.1) is 23.0 Å². The summed E-state index contributed by atoms with van der Waals surface area (Å²) in [5, 5.41) is 14.1. The van der Waals surface area contributed by atoms with E-state index in [1.165, 1.54) is 0 Å². The first-order valence-corrected chi connectivity index (χ1v) is 7.79. The number of ether oxygens (including phenoxy) is 1. The first-order valence-electron chi connectivity index (χ1n) is 6.25. The number of nitrogens with two attached hydrogens (primary N) is 1. The minimum atomic E-state index is -3.73. The number of hydrogen-bond donors (Lipinski definition) is 1. The molecular formula is C14H20N2O3S. The Balaban J connectivity index is 2.89. The van der Waals surface area contributed by atoms with Gasteiger partial charge in [0, 0.05) is 0 Å². The molecule has 0 atom stereocenters. The zero-order valence-electron chi connectivity index (χ0n) is 12.2. The van der Waals surface area contributed by atoms with Gasteiger partial charge in [-0.3, -0.25) is 0 Å². The van der Waals surface area contributed by atoms with Gasteiger partial charge >= 0.3 is 0 Å². The van der Waals surface area contributed by atoms with Crippen molar-refractivity contribution in [3.05, 3.63) is 23.3 Å². The van der Waals surface area contributed by atoms with E-state index in [1.54, 1.807) is 26.0 Å². The number of rotatable bonds is 5. The molecule has 0 aliphatic rings. The Kier molecular flexibility index (Phi) is 4.79. The summed E-state index contributed by atoms with van der Waals surface area (Å²) in [7, 11) is -3.73. The van der Waals surface area contributed by atoms with Crippen molar-refractivity contribution >= 4 is 10.0 Å². The maximum Gasteiger partial charge on any atom is 0.238 e. The molecule has 0 unspecified atom stereocenters. The fourth-order valence-electron chi connectivity index (χ4n) is 1.92. The molecule has 0 radical (unpaired) electrons. The molecule has 20 heavy (non-hydrogen) atoms. The zero-order valence-corrected chi connectivity index (χ0v) is 13.0. The highest BCUT2D eigenvalue weighted by atomic mass is 32.2. The van der Waals surface area contributed by atoms with Gasteiger partial charge < -0.3 is 4.74 Å². The van der Waals surface area contributed by atoms with Crippen LogP contribution >= 0.6 is 0 Å². The van der Waals surface area contributed by atoms with Gasteiger partial charge in [-0.25, -0.2) is 13.6 Å². The van der Waals surface area contributed by atoms with Gasteiger partial charge in [0.2, 0.25) is 10.0 Å². The van der Waals surface area contributed by atoms with Crippen LogP contribution in [-0.4, -0.2) is 15.0 Å². The molecule has 110 valence electrons. The number of hydrogen-bond acceptors (Lipinski definition) is 4. The van der Waals surface area contributed by atoms with E-state index in [9.17, 15) is 8.42 Å². The topological polar surface area (TPSA) is 93.2 Å². The lowest BCUT2D eigenvalue weighted by Gasteiger charge is -2.16. The molecule has 0 aliphatic heterocycles. The highest BCUT2D eigenvalue weighted by Crippen LogP contribution is 2.26. The van der Waals surface area contributed by atoms with Crippen LogP contribution in [0.2, 0.25) is 0 Å². The van der Waals surface area contributed by atoms with E-state index in [2.05, 4.69) is 6.07 Å². The average molecular weight is 296 g/mol. The molecule has 0 bridgehead atoms. The van der Waals surface area contributed by atoms with Gasteiger partial charge in [0.1, 0.15) is 5.75 Å². The standard InChI is InChI=1S/C14H20N2O3S/c1-10-7-12(19-6-5-14(3,4)9-15)8-11(2)13(10)20(16,17)18/h7-8H,5-6H2,1-4H3,(H2,16,17,18). The molecule has 1 aromatic rings. The molecule has 0 aliphatic carbocycles. The zero-order chi connectivity index (χ0) is 15.6. The largest absolute Gasteiger partial charge is 0.494 e. The summed E-state index contributed by atoms with van der Waals surface area (Å²) >= 11 is 0. The number of primary sulfonamides is 1. The average Bonchev–Trinajstić information content (AvgIpc) is 2.25. The molecule has 0 fully saturated rings. The Bertz CT molecular complexity index is 620.